The van der Waals surface area contributed by atoms with Gasteiger partial charge in [-0.1, -0.05) is 6.07 Å². The van der Waals surface area contributed by atoms with Crippen LogP contribution in [0.5, 0.6) is 0 Å². The van der Waals surface area contributed by atoms with Gasteiger partial charge < -0.3 is 10.6 Å². The normalized spacial score (nSPS) is 21.2. The van der Waals surface area contributed by atoms with E-state index in [0.717, 1.165) is 38.0 Å². The van der Waals surface area contributed by atoms with Gasteiger partial charge >= 0.3 is 0 Å². The van der Waals surface area contributed by atoms with Gasteiger partial charge in [0.25, 0.3) is 0 Å². The fourth-order valence-electron chi connectivity index (χ4n) is 1.99. The number of pyridine rings is 1. The third kappa shape index (κ3) is 2.58. The van der Waals surface area contributed by atoms with Crippen molar-refractivity contribution in [2.24, 2.45) is 5.73 Å². The Labute approximate surface area is 95.5 Å². The van der Waals surface area contributed by atoms with E-state index in [9.17, 15) is 4.79 Å². The number of likely N-dealkylation sites (tertiary alicyclic amines) is 1. The first-order valence-electron chi connectivity index (χ1n) is 5.71. The second-order valence-electron chi connectivity index (χ2n) is 4.15. The highest BCUT2D eigenvalue weighted by Gasteiger charge is 2.24. The maximum absolute atomic E-state index is 11.7. The van der Waals surface area contributed by atoms with Crippen LogP contribution in [-0.2, 0) is 11.2 Å². The molecule has 1 aliphatic rings. The number of hydrogen-bond acceptors (Lipinski definition) is 3. The molecule has 0 spiro atoms. The van der Waals surface area contributed by atoms with E-state index in [1.807, 2.05) is 23.1 Å². The molecule has 1 amide bonds. The highest BCUT2D eigenvalue weighted by Crippen LogP contribution is 2.10. The van der Waals surface area contributed by atoms with Crippen molar-refractivity contribution in [3.8, 4) is 0 Å². The smallest absolute Gasteiger partial charge is 0.239 e. The van der Waals surface area contributed by atoms with Crippen LogP contribution < -0.4 is 5.73 Å². The number of piperidine rings is 1. The molecule has 1 fully saturated rings. The van der Waals surface area contributed by atoms with Crippen molar-refractivity contribution in [3.05, 3.63) is 30.1 Å². The summed E-state index contributed by atoms with van der Waals surface area (Å²) in [5, 5.41) is 0. The Balaban J connectivity index is 1.88. The lowest BCUT2D eigenvalue weighted by Gasteiger charge is -2.30. The number of aromatic nitrogens is 1. The van der Waals surface area contributed by atoms with Gasteiger partial charge in [-0.2, -0.15) is 0 Å². The summed E-state index contributed by atoms with van der Waals surface area (Å²) in [5.41, 5.74) is 6.75. The molecule has 4 nitrogen and oxygen atoms in total. The van der Waals surface area contributed by atoms with Gasteiger partial charge in [-0.25, -0.2) is 0 Å². The maximum atomic E-state index is 11.7. The van der Waals surface area contributed by atoms with Crippen molar-refractivity contribution in [3.63, 3.8) is 0 Å². The van der Waals surface area contributed by atoms with Crippen LogP contribution in [0.3, 0.4) is 0 Å². The highest BCUT2D eigenvalue weighted by atomic mass is 16.2. The molecule has 1 aromatic rings. The van der Waals surface area contributed by atoms with Crippen LogP contribution in [0.2, 0.25) is 0 Å². The third-order valence-electron chi connectivity index (χ3n) is 2.94. The number of carbonyl (C=O) groups is 1. The number of hydrogen-bond donors (Lipinski definition) is 1. The Hall–Kier alpha value is -1.42. The van der Waals surface area contributed by atoms with Crippen molar-refractivity contribution >= 4 is 5.91 Å². The molecule has 2 N–H and O–H groups in total. The lowest BCUT2D eigenvalue weighted by atomic mass is 10.1. The molecule has 0 aromatic carbocycles. The fourth-order valence-corrected chi connectivity index (χ4v) is 1.99. The van der Waals surface area contributed by atoms with Crippen LogP contribution >= 0.6 is 0 Å². The summed E-state index contributed by atoms with van der Waals surface area (Å²) in [4.78, 5) is 17.8. The van der Waals surface area contributed by atoms with Crippen molar-refractivity contribution in [2.75, 3.05) is 13.1 Å². The first-order valence-corrected chi connectivity index (χ1v) is 5.71. The molecule has 0 bridgehead atoms. The topological polar surface area (TPSA) is 59.2 Å². The fraction of sp³-hybridized carbons (Fsp3) is 0.500. The van der Waals surface area contributed by atoms with Gasteiger partial charge in [0.05, 0.1) is 6.04 Å². The van der Waals surface area contributed by atoms with Crippen LogP contribution in [0, 0.1) is 0 Å². The van der Waals surface area contributed by atoms with E-state index >= 15 is 0 Å². The molecule has 16 heavy (non-hydrogen) atoms. The Morgan fingerprint density at radius 1 is 1.50 bits per heavy atom. The Morgan fingerprint density at radius 3 is 3.12 bits per heavy atom. The number of amides is 1. The quantitative estimate of drug-likeness (QED) is 0.808. The van der Waals surface area contributed by atoms with Crippen molar-refractivity contribution < 1.29 is 4.79 Å². The number of nitrogens with two attached hydrogens (primary N) is 1. The molecule has 4 heteroatoms. The van der Waals surface area contributed by atoms with Gasteiger partial charge in [0.15, 0.2) is 0 Å². The SMILES string of the molecule is NC1CCCN(CCc2ccccn2)C1=O. The maximum Gasteiger partial charge on any atom is 0.239 e. The van der Waals surface area contributed by atoms with Gasteiger partial charge in [-0.05, 0) is 25.0 Å². The van der Waals surface area contributed by atoms with E-state index in [1.54, 1.807) is 6.20 Å². The first kappa shape index (κ1) is 11.1. The molecular formula is C12H17N3O. The van der Waals surface area contributed by atoms with Crippen molar-refractivity contribution in [2.45, 2.75) is 25.3 Å². The minimum Gasteiger partial charge on any atom is -0.341 e. The second-order valence-corrected chi connectivity index (χ2v) is 4.15. The number of rotatable bonds is 3. The summed E-state index contributed by atoms with van der Waals surface area (Å²) in [6.45, 7) is 1.56. The average Bonchev–Trinajstić information content (AvgIpc) is 2.32. The van der Waals surface area contributed by atoms with Gasteiger partial charge in [0.2, 0.25) is 5.91 Å². The molecule has 0 saturated carbocycles. The predicted octanol–water partition coefficient (Wildman–Crippen LogP) is 0.574. The lowest BCUT2D eigenvalue weighted by Crippen LogP contribution is -2.48. The molecule has 1 saturated heterocycles. The van der Waals surface area contributed by atoms with E-state index in [0.29, 0.717) is 0 Å². The van der Waals surface area contributed by atoms with E-state index in [1.165, 1.54) is 0 Å². The zero-order valence-electron chi connectivity index (χ0n) is 9.30. The Kier molecular flexibility index (Phi) is 3.51. The van der Waals surface area contributed by atoms with Gasteiger partial charge in [0.1, 0.15) is 0 Å². The van der Waals surface area contributed by atoms with Crippen molar-refractivity contribution in [1.29, 1.82) is 0 Å². The van der Waals surface area contributed by atoms with Gasteiger partial charge in [-0.3, -0.25) is 9.78 Å². The van der Waals surface area contributed by atoms with E-state index in [-0.39, 0.29) is 11.9 Å². The van der Waals surface area contributed by atoms with Crippen LogP contribution in [0.4, 0.5) is 0 Å². The lowest BCUT2D eigenvalue weighted by molar-refractivity contribution is -0.134. The standard InChI is InChI=1S/C12H17N3O/c13-11-5-3-8-15(12(11)16)9-6-10-4-1-2-7-14-10/h1-2,4,7,11H,3,5-6,8-9,13H2. The monoisotopic (exact) mass is 219 g/mol. The molecule has 1 aromatic heterocycles. The third-order valence-corrected chi connectivity index (χ3v) is 2.94. The average molecular weight is 219 g/mol. The van der Waals surface area contributed by atoms with Crippen molar-refractivity contribution in [1.82, 2.24) is 9.88 Å². The molecule has 1 aliphatic heterocycles. The molecule has 1 atom stereocenters. The molecule has 2 rings (SSSR count). The molecule has 86 valence electrons. The van der Waals surface area contributed by atoms with Crippen LogP contribution in [0.25, 0.3) is 0 Å². The predicted molar refractivity (Wildman–Crippen MR) is 61.7 cm³/mol. The Morgan fingerprint density at radius 2 is 2.38 bits per heavy atom. The minimum atomic E-state index is -0.294. The highest BCUT2D eigenvalue weighted by molar-refractivity contribution is 5.82. The van der Waals surface area contributed by atoms with Crippen LogP contribution in [-0.4, -0.2) is 34.9 Å². The van der Waals surface area contributed by atoms with E-state index in [2.05, 4.69) is 4.98 Å². The van der Waals surface area contributed by atoms with Gasteiger partial charge in [-0.15, -0.1) is 0 Å². The summed E-state index contributed by atoms with van der Waals surface area (Å²) < 4.78 is 0. The summed E-state index contributed by atoms with van der Waals surface area (Å²) in [5.74, 6) is 0.0854. The zero-order valence-corrected chi connectivity index (χ0v) is 9.30. The first-order chi connectivity index (χ1) is 7.77. The number of nitrogens with zero attached hydrogens (tertiary/aromatic N) is 2. The largest absolute Gasteiger partial charge is 0.341 e. The molecule has 2 heterocycles. The molecular weight excluding hydrogens is 202 g/mol. The molecule has 0 aliphatic carbocycles. The summed E-state index contributed by atoms with van der Waals surface area (Å²) in [7, 11) is 0. The van der Waals surface area contributed by atoms with E-state index in [4.69, 9.17) is 5.73 Å². The van der Waals surface area contributed by atoms with Gasteiger partial charge in [0, 0.05) is 31.4 Å². The van der Waals surface area contributed by atoms with E-state index < -0.39 is 0 Å². The Bertz CT molecular complexity index is 353. The summed E-state index contributed by atoms with van der Waals surface area (Å²) >= 11 is 0. The zero-order chi connectivity index (χ0) is 11.4. The molecule has 0 radical (unpaired) electrons. The van der Waals surface area contributed by atoms with Crippen LogP contribution in [0.15, 0.2) is 24.4 Å². The molecule has 1 unspecified atom stereocenters. The number of carbonyl (C=O) groups excluding carboxylic acids is 1. The van der Waals surface area contributed by atoms with Crippen LogP contribution in [0.1, 0.15) is 18.5 Å². The second kappa shape index (κ2) is 5.07. The summed E-state index contributed by atoms with van der Waals surface area (Å²) in [6, 6.07) is 5.55. The minimum absolute atomic E-state index is 0.0854. The summed E-state index contributed by atoms with van der Waals surface area (Å²) in [6.07, 6.45) is 4.41.